The maximum Gasteiger partial charge on any atom is 0.0483 e. The zero-order chi connectivity index (χ0) is 12.1. The van der Waals surface area contributed by atoms with Crippen LogP contribution in [-0.2, 0) is 0 Å². The van der Waals surface area contributed by atoms with Gasteiger partial charge in [-0.15, -0.1) is 0 Å². The minimum atomic E-state index is 0.843. The first-order valence-corrected chi connectivity index (χ1v) is 6.03. The third-order valence-corrected chi connectivity index (χ3v) is 2.91. The highest BCUT2D eigenvalue weighted by Gasteiger charge is 1.96. The van der Waals surface area contributed by atoms with Gasteiger partial charge in [0.25, 0.3) is 0 Å². The van der Waals surface area contributed by atoms with Crippen LogP contribution in [0.4, 0.5) is 0 Å². The van der Waals surface area contributed by atoms with Crippen molar-refractivity contribution in [2.24, 2.45) is 0 Å². The molecule has 1 aromatic rings. The summed E-state index contributed by atoms with van der Waals surface area (Å²) in [4.78, 5) is 0. The van der Waals surface area contributed by atoms with E-state index in [1.165, 1.54) is 21.6 Å². The number of halogens is 1. The minimum absolute atomic E-state index is 0.843. The Hall–Kier alpha value is -1.01. The van der Waals surface area contributed by atoms with Gasteiger partial charge in [-0.05, 0) is 43.7 Å². The summed E-state index contributed by atoms with van der Waals surface area (Å²) in [5, 5.41) is 3.23. The van der Waals surface area contributed by atoms with E-state index in [4.69, 9.17) is 11.6 Å². The molecular weight excluding hydrogens is 216 g/mol. The van der Waals surface area contributed by atoms with Crippen molar-refractivity contribution in [1.82, 2.24) is 0 Å². The molecule has 0 atom stereocenters. The van der Waals surface area contributed by atoms with Gasteiger partial charge in [0.15, 0.2) is 0 Å². The molecule has 0 spiro atoms. The highest BCUT2D eigenvalue weighted by atomic mass is 35.5. The van der Waals surface area contributed by atoms with Crippen molar-refractivity contribution in [2.45, 2.75) is 34.1 Å². The summed E-state index contributed by atoms with van der Waals surface area (Å²) in [6.07, 6.45) is 5.28. The van der Waals surface area contributed by atoms with E-state index in [0.29, 0.717) is 0 Å². The zero-order valence-corrected chi connectivity index (χ0v) is 11.2. The molecule has 0 aliphatic heterocycles. The van der Waals surface area contributed by atoms with Crippen LogP contribution in [0.2, 0.25) is 5.02 Å². The Morgan fingerprint density at radius 3 is 2.50 bits per heavy atom. The summed E-state index contributed by atoms with van der Waals surface area (Å²) in [6.45, 7) is 8.48. The number of allylic oxidation sites excluding steroid dienone is 2. The number of rotatable bonds is 2. The molecule has 16 heavy (non-hydrogen) atoms. The van der Waals surface area contributed by atoms with Gasteiger partial charge in [0, 0.05) is 5.02 Å². The third kappa shape index (κ3) is 3.24. The maximum absolute atomic E-state index is 6.26. The lowest BCUT2D eigenvalue weighted by Gasteiger charge is -2.00. The van der Waals surface area contributed by atoms with Crippen LogP contribution in [0.25, 0.3) is 11.6 Å². The summed E-state index contributed by atoms with van der Waals surface area (Å²) >= 11 is 6.26. The molecule has 1 rings (SSSR count). The van der Waals surface area contributed by atoms with Crippen molar-refractivity contribution in [1.29, 1.82) is 0 Å². The van der Waals surface area contributed by atoms with Crippen LogP contribution < -0.4 is 10.4 Å². The summed E-state index contributed by atoms with van der Waals surface area (Å²) in [7, 11) is 0. The molecule has 0 fully saturated rings. The molecule has 0 radical (unpaired) electrons. The van der Waals surface area contributed by atoms with Crippen LogP contribution in [-0.4, -0.2) is 0 Å². The summed E-state index contributed by atoms with van der Waals surface area (Å²) in [6, 6.07) is 6.06. The molecule has 0 bridgehead atoms. The fourth-order valence-electron chi connectivity index (χ4n) is 1.56. The molecule has 0 aliphatic carbocycles. The summed E-state index contributed by atoms with van der Waals surface area (Å²) in [5.41, 5.74) is 2.62. The molecule has 0 saturated heterocycles. The van der Waals surface area contributed by atoms with E-state index in [9.17, 15) is 0 Å². The van der Waals surface area contributed by atoms with Crippen molar-refractivity contribution in [3.63, 3.8) is 0 Å². The van der Waals surface area contributed by atoms with Crippen molar-refractivity contribution >= 4 is 23.3 Å². The van der Waals surface area contributed by atoms with Crippen LogP contribution in [0.15, 0.2) is 29.8 Å². The molecule has 0 amide bonds. The van der Waals surface area contributed by atoms with Gasteiger partial charge < -0.3 is 0 Å². The molecule has 0 N–H and O–H groups in total. The van der Waals surface area contributed by atoms with Crippen LogP contribution in [0, 0.1) is 0 Å². The largest absolute Gasteiger partial charge is 0.0837 e. The van der Waals surface area contributed by atoms with Gasteiger partial charge in [0.05, 0.1) is 0 Å². The van der Waals surface area contributed by atoms with E-state index in [1.54, 1.807) is 0 Å². The molecule has 1 heteroatoms. The van der Waals surface area contributed by atoms with Crippen molar-refractivity contribution < 1.29 is 0 Å². The predicted molar refractivity (Wildman–Crippen MR) is 74.0 cm³/mol. The van der Waals surface area contributed by atoms with Gasteiger partial charge >= 0.3 is 0 Å². The lowest BCUT2D eigenvalue weighted by atomic mass is 10.1. The molecule has 0 aromatic heterocycles. The number of hydrogen-bond acceptors (Lipinski definition) is 0. The smallest absolute Gasteiger partial charge is 0.0483 e. The molecule has 0 nitrogen and oxygen atoms in total. The normalized spacial score (nSPS) is 13.7. The molecule has 86 valence electrons. The van der Waals surface area contributed by atoms with Gasteiger partial charge in [-0.3, -0.25) is 0 Å². The van der Waals surface area contributed by atoms with E-state index >= 15 is 0 Å². The first-order valence-electron chi connectivity index (χ1n) is 5.65. The van der Waals surface area contributed by atoms with E-state index < -0.39 is 0 Å². The Kier molecular flexibility index (Phi) is 4.82. The predicted octanol–water partition coefficient (Wildman–Crippen LogP) is 3.67. The maximum atomic E-state index is 6.26. The average molecular weight is 235 g/mol. The second-order valence-corrected chi connectivity index (χ2v) is 4.66. The fraction of sp³-hybridized carbons (Fsp3) is 0.333. The van der Waals surface area contributed by atoms with E-state index in [-0.39, 0.29) is 0 Å². The Bertz CT molecular complexity index is 503. The van der Waals surface area contributed by atoms with Gasteiger partial charge in [0.1, 0.15) is 0 Å². The number of benzene rings is 1. The van der Waals surface area contributed by atoms with Crippen LogP contribution in [0.3, 0.4) is 0 Å². The monoisotopic (exact) mass is 234 g/mol. The summed E-state index contributed by atoms with van der Waals surface area (Å²) in [5.74, 6) is 0. The Morgan fingerprint density at radius 1 is 1.25 bits per heavy atom. The molecule has 0 unspecified atom stereocenters. The number of hydrogen-bond donors (Lipinski definition) is 0. The lowest BCUT2D eigenvalue weighted by Crippen LogP contribution is -2.27. The van der Waals surface area contributed by atoms with Crippen LogP contribution >= 0.6 is 11.6 Å². The van der Waals surface area contributed by atoms with Crippen molar-refractivity contribution in [3.05, 3.63) is 45.3 Å². The molecular formula is C15H19Cl. The second-order valence-electron chi connectivity index (χ2n) is 4.25. The van der Waals surface area contributed by atoms with Crippen molar-refractivity contribution in [3.8, 4) is 0 Å². The summed E-state index contributed by atoms with van der Waals surface area (Å²) < 4.78 is 0. The Balaban J connectivity index is 3.60. The second kappa shape index (κ2) is 5.91. The van der Waals surface area contributed by atoms with E-state index in [1.807, 2.05) is 12.1 Å². The first kappa shape index (κ1) is 13.1. The van der Waals surface area contributed by atoms with Gasteiger partial charge in [-0.25, -0.2) is 0 Å². The van der Waals surface area contributed by atoms with Crippen LogP contribution in [0.5, 0.6) is 0 Å². The van der Waals surface area contributed by atoms with Gasteiger partial charge in [-0.2, -0.15) is 0 Å². The topological polar surface area (TPSA) is 0 Å². The minimum Gasteiger partial charge on any atom is -0.0837 e. The fourth-order valence-corrected chi connectivity index (χ4v) is 1.91. The van der Waals surface area contributed by atoms with Crippen LogP contribution in [0.1, 0.15) is 34.1 Å². The third-order valence-electron chi connectivity index (χ3n) is 2.60. The molecule has 0 aliphatic rings. The first-order chi connectivity index (χ1) is 7.56. The SMILES string of the molecule is CCC(C)=c1c(Cl)ccc/c1=C/C=C(C)C. The zero-order valence-electron chi connectivity index (χ0n) is 10.5. The Morgan fingerprint density at radius 2 is 1.94 bits per heavy atom. The lowest BCUT2D eigenvalue weighted by molar-refractivity contribution is 1.20. The Labute approximate surface area is 103 Å². The molecule has 0 heterocycles. The van der Waals surface area contributed by atoms with Crippen molar-refractivity contribution in [2.75, 3.05) is 0 Å². The quantitative estimate of drug-likeness (QED) is 0.733. The highest BCUT2D eigenvalue weighted by molar-refractivity contribution is 6.30. The van der Waals surface area contributed by atoms with Gasteiger partial charge in [0.2, 0.25) is 0 Å². The van der Waals surface area contributed by atoms with E-state index in [2.05, 4.69) is 45.9 Å². The standard InChI is InChI=1S/C15H19Cl/c1-5-12(4)15-13(10-9-11(2)3)7-6-8-14(15)16/h6-10H,5H2,1-4H3/b13-10-,15-12?. The molecule has 0 saturated carbocycles. The van der Waals surface area contributed by atoms with Gasteiger partial charge in [-0.1, -0.05) is 54.0 Å². The highest BCUT2D eigenvalue weighted by Crippen LogP contribution is 2.02. The average Bonchev–Trinajstić information content (AvgIpc) is 2.25. The molecule has 1 aromatic carbocycles. The van der Waals surface area contributed by atoms with E-state index in [0.717, 1.165) is 11.4 Å².